The predicted octanol–water partition coefficient (Wildman–Crippen LogP) is 2.93. The summed E-state index contributed by atoms with van der Waals surface area (Å²) < 4.78 is 1.39. The first kappa shape index (κ1) is 13.9. The van der Waals surface area contributed by atoms with Gasteiger partial charge in [0.1, 0.15) is 0 Å². The summed E-state index contributed by atoms with van der Waals surface area (Å²) in [5.74, 6) is 0.598. The Morgan fingerprint density at radius 1 is 1.39 bits per heavy atom. The van der Waals surface area contributed by atoms with E-state index < -0.39 is 5.60 Å². The Morgan fingerprint density at radius 3 is 2.67 bits per heavy atom. The molecule has 1 fully saturated rings. The van der Waals surface area contributed by atoms with Crippen molar-refractivity contribution in [2.45, 2.75) is 43.5 Å². The molecule has 18 heavy (non-hydrogen) atoms. The molecule has 0 heterocycles. The molecule has 1 aliphatic rings. The maximum absolute atomic E-state index is 10.6. The van der Waals surface area contributed by atoms with Gasteiger partial charge in [0.25, 0.3) is 0 Å². The van der Waals surface area contributed by atoms with Crippen molar-refractivity contribution < 1.29 is 5.11 Å². The topological polar surface area (TPSA) is 20.2 Å². The molecule has 1 nitrogen and oxygen atoms in total. The van der Waals surface area contributed by atoms with Gasteiger partial charge in [-0.3, -0.25) is 0 Å². The first-order chi connectivity index (χ1) is 8.49. The third kappa shape index (κ3) is 3.26. The zero-order chi connectivity index (χ0) is 13.2. The van der Waals surface area contributed by atoms with Gasteiger partial charge in [-0.2, -0.15) is 0 Å². The average molecular weight is 309 g/mol. The van der Waals surface area contributed by atoms with E-state index in [0.29, 0.717) is 25.7 Å². The fourth-order valence-electron chi connectivity index (χ4n) is 2.54. The van der Waals surface area contributed by atoms with Gasteiger partial charge in [-0.15, -0.1) is 0 Å². The first-order valence-electron chi connectivity index (χ1n) is 6.58. The Labute approximate surface area is 116 Å². The van der Waals surface area contributed by atoms with E-state index in [-0.39, 0.29) is 0 Å². The molecule has 1 aliphatic carbocycles. The van der Waals surface area contributed by atoms with Crippen molar-refractivity contribution in [3.8, 4) is 0 Å². The van der Waals surface area contributed by atoms with Crippen molar-refractivity contribution in [3.63, 3.8) is 0 Å². The number of hydrogen-bond acceptors (Lipinski definition) is 1. The molecule has 0 saturated heterocycles. The number of aliphatic hydroxyl groups is 1. The van der Waals surface area contributed by atoms with Crippen LogP contribution in [0, 0.1) is 5.92 Å². The Hall–Kier alpha value is -0.561. The van der Waals surface area contributed by atoms with Gasteiger partial charge in [0.2, 0.25) is 0 Å². The summed E-state index contributed by atoms with van der Waals surface area (Å²) in [4.78, 5) is 0.405. The van der Waals surface area contributed by atoms with Crippen molar-refractivity contribution >= 4 is 19.4 Å². The molecule has 3 atom stereocenters. The molecular weight excluding hydrogens is 287 g/mol. The third-order valence-corrected chi connectivity index (χ3v) is 7.12. The van der Waals surface area contributed by atoms with Crippen molar-refractivity contribution in [2.24, 2.45) is 5.92 Å². The third-order valence-electron chi connectivity index (χ3n) is 3.91. The Morgan fingerprint density at radius 2 is 2.06 bits per heavy atom. The van der Waals surface area contributed by atoms with Crippen LogP contribution in [-0.4, -0.2) is 25.7 Å². The minimum absolute atomic E-state index is 0.346. The van der Waals surface area contributed by atoms with E-state index in [1.165, 1.54) is 10.0 Å². The summed E-state index contributed by atoms with van der Waals surface area (Å²) in [6, 6.07) is 10.6. The van der Waals surface area contributed by atoms with E-state index >= 15 is 0 Å². The Bertz CT molecular complexity index is 410. The Balaban J connectivity index is 2.10. The fraction of sp³-hybridized carbons (Fsp3) is 0.500. The molecule has 0 bridgehead atoms. The number of benzene rings is 1. The van der Waals surface area contributed by atoms with Crippen LogP contribution in [0.4, 0.5) is 0 Å². The SMILES string of the molecule is C=C(C)C1CCC(C)(O)C([Se]c2ccccc2)C1. The van der Waals surface area contributed by atoms with Gasteiger partial charge < -0.3 is 0 Å². The normalized spacial score (nSPS) is 32.2. The summed E-state index contributed by atoms with van der Waals surface area (Å²) in [7, 11) is 0. The molecule has 2 heteroatoms. The van der Waals surface area contributed by atoms with Crippen LogP contribution in [-0.2, 0) is 0 Å². The second-order valence-corrected chi connectivity index (χ2v) is 8.27. The van der Waals surface area contributed by atoms with Gasteiger partial charge in [0.05, 0.1) is 0 Å². The maximum atomic E-state index is 10.6. The summed E-state index contributed by atoms with van der Waals surface area (Å²) >= 11 is 0.346. The first-order valence-corrected chi connectivity index (χ1v) is 8.43. The predicted molar refractivity (Wildman–Crippen MR) is 78.4 cm³/mol. The molecule has 2 rings (SSSR count). The molecule has 1 aromatic carbocycles. The molecule has 1 N–H and O–H groups in total. The van der Waals surface area contributed by atoms with Crippen molar-refractivity contribution in [1.82, 2.24) is 0 Å². The second kappa shape index (κ2) is 5.61. The summed E-state index contributed by atoms with van der Waals surface area (Å²) in [5.41, 5.74) is 0.779. The van der Waals surface area contributed by atoms with Crippen molar-refractivity contribution in [1.29, 1.82) is 0 Å². The van der Waals surface area contributed by atoms with Gasteiger partial charge in [-0.25, -0.2) is 0 Å². The molecule has 98 valence electrons. The molecule has 1 aromatic rings. The van der Waals surface area contributed by atoms with Crippen LogP contribution >= 0.6 is 0 Å². The van der Waals surface area contributed by atoms with Crippen LogP contribution in [0.2, 0.25) is 4.82 Å². The van der Waals surface area contributed by atoms with Gasteiger partial charge in [0.15, 0.2) is 0 Å². The molecular formula is C16H22OSe. The standard InChI is InChI=1S/C16H22OSe/c1-12(2)13-9-10-16(3,17)15(11-13)18-14-7-5-4-6-8-14/h4-8,13,15,17H,1,9-11H2,2-3H3. The van der Waals surface area contributed by atoms with E-state index in [9.17, 15) is 5.11 Å². The quantitative estimate of drug-likeness (QED) is 0.672. The molecule has 0 spiro atoms. The van der Waals surface area contributed by atoms with Crippen molar-refractivity contribution in [2.75, 3.05) is 0 Å². The van der Waals surface area contributed by atoms with Gasteiger partial charge in [0, 0.05) is 0 Å². The average Bonchev–Trinajstić information content (AvgIpc) is 2.33. The van der Waals surface area contributed by atoms with E-state index in [1.54, 1.807) is 0 Å². The van der Waals surface area contributed by atoms with Crippen LogP contribution < -0.4 is 4.46 Å². The zero-order valence-corrected chi connectivity index (χ0v) is 12.9. The van der Waals surface area contributed by atoms with Gasteiger partial charge in [-0.05, 0) is 0 Å². The summed E-state index contributed by atoms with van der Waals surface area (Å²) in [6.07, 6.45) is 3.09. The van der Waals surface area contributed by atoms with Crippen LogP contribution in [0.1, 0.15) is 33.1 Å². The van der Waals surface area contributed by atoms with E-state index in [4.69, 9.17) is 0 Å². The molecule has 0 aromatic heterocycles. The zero-order valence-electron chi connectivity index (χ0n) is 11.2. The van der Waals surface area contributed by atoms with E-state index in [0.717, 1.165) is 19.3 Å². The summed E-state index contributed by atoms with van der Waals surface area (Å²) in [5, 5.41) is 10.6. The monoisotopic (exact) mass is 310 g/mol. The molecule has 1 saturated carbocycles. The summed E-state index contributed by atoms with van der Waals surface area (Å²) in [6.45, 7) is 8.23. The van der Waals surface area contributed by atoms with E-state index in [1.807, 2.05) is 6.92 Å². The van der Waals surface area contributed by atoms with Gasteiger partial charge >= 0.3 is 116 Å². The van der Waals surface area contributed by atoms with Crippen LogP contribution in [0.15, 0.2) is 42.5 Å². The van der Waals surface area contributed by atoms with Crippen molar-refractivity contribution in [3.05, 3.63) is 42.5 Å². The fourth-order valence-corrected chi connectivity index (χ4v) is 5.36. The van der Waals surface area contributed by atoms with Crippen LogP contribution in [0.5, 0.6) is 0 Å². The number of hydrogen-bond donors (Lipinski definition) is 1. The molecule has 0 aliphatic heterocycles. The van der Waals surface area contributed by atoms with Crippen LogP contribution in [0.25, 0.3) is 0 Å². The molecule has 3 unspecified atom stereocenters. The van der Waals surface area contributed by atoms with Crippen LogP contribution in [0.3, 0.4) is 0 Å². The molecule has 0 amide bonds. The molecule has 0 radical (unpaired) electrons. The van der Waals surface area contributed by atoms with Gasteiger partial charge in [-0.1, -0.05) is 0 Å². The number of rotatable bonds is 3. The second-order valence-electron chi connectivity index (χ2n) is 5.59. The minimum atomic E-state index is -0.498. The van der Waals surface area contributed by atoms with E-state index in [2.05, 4.69) is 43.8 Å². The number of allylic oxidation sites excluding steroid dienone is 1. The Kier molecular flexibility index (Phi) is 4.32.